The van der Waals surface area contributed by atoms with Crippen molar-refractivity contribution in [2.45, 2.75) is 19.5 Å². The predicted octanol–water partition coefficient (Wildman–Crippen LogP) is 2.51. The van der Waals surface area contributed by atoms with Crippen LogP contribution in [0.15, 0.2) is 42.2 Å². The Morgan fingerprint density at radius 2 is 2.35 bits per heavy atom. The van der Waals surface area contributed by atoms with E-state index in [4.69, 9.17) is 0 Å². The van der Waals surface area contributed by atoms with E-state index in [9.17, 15) is 0 Å². The second-order valence-corrected chi connectivity index (χ2v) is 5.49. The van der Waals surface area contributed by atoms with E-state index in [1.54, 1.807) is 11.3 Å². The highest BCUT2D eigenvalue weighted by atomic mass is 32.1. The van der Waals surface area contributed by atoms with Crippen LogP contribution < -0.4 is 5.32 Å². The van der Waals surface area contributed by atoms with E-state index in [1.165, 1.54) is 10.4 Å². The number of hydrogen-bond donors (Lipinski definition) is 2. The number of nitrogens with zero attached hydrogens (tertiary/aromatic N) is 3. The van der Waals surface area contributed by atoms with Gasteiger partial charge in [0.2, 0.25) is 0 Å². The van der Waals surface area contributed by atoms with Gasteiger partial charge in [0.05, 0.1) is 16.8 Å². The fourth-order valence-corrected chi connectivity index (χ4v) is 2.86. The van der Waals surface area contributed by atoms with E-state index in [0.29, 0.717) is 0 Å². The largest absolute Gasteiger partial charge is 0.312 e. The van der Waals surface area contributed by atoms with Crippen LogP contribution in [0.5, 0.6) is 0 Å². The van der Waals surface area contributed by atoms with Gasteiger partial charge in [-0.2, -0.15) is 10.2 Å². The van der Waals surface area contributed by atoms with Gasteiger partial charge in [-0.1, -0.05) is 6.07 Å². The van der Waals surface area contributed by atoms with Gasteiger partial charge >= 0.3 is 0 Å². The molecular formula is C14H17N5S. The summed E-state index contributed by atoms with van der Waals surface area (Å²) in [6.07, 6.45) is 6.76. The van der Waals surface area contributed by atoms with Gasteiger partial charge in [-0.3, -0.25) is 9.78 Å². The third-order valence-corrected chi connectivity index (χ3v) is 3.99. The molecule has 0 fully saturated rings. The van der Waals surface area contributed by atoms with Gasteiger partial charge in [-0.15, -0.1) is 11.3 Å². The minimum Gasteiger partial charge on any atom is -0.312 e. The number of H-pyrrole nitrogens is 1. The van der Waals surface area contributed by atoms with Gasteiger partial charge in [0.1, 0.15) is 0 Å². The third-order valence-electron chi connectivity index (χ3n) is 3.10. The van der Waals surface area contributed by atoms with E-state index in [-0.39, 0.29) is 0 Å². The van der Waals surface area contributed by atoms with Crippen LogP contribution in [0.1, 0.15) is 12.0 Å². The molecule has 0 atom stereocenters. The van der Waals surface area contributed by atoms with Gasteiger partial charge in [-0.25, -0.2) is 0 Å². The fourth-order valence-electron chi connectivity index (χ4n) is 2.10. The van der Waals surface area contributed by atoms with Gasteiger partial charge in [-0.05, 0) is 30.5 Å². The molecule has 3 rings (SSSR count). The first-order valence-electron chi connectivity index (χ1n) is 6.68. The summed E-state index contributed by atoms with van der Waals surface area (Å²) < 4.78 is 1.95. The third kappa shape index (κ3) is 3.15. The molecule has 0 unspecified atom stereocenters. The Morgan fingerprint density at radius 3 is 3.15 bits per heavy atom. The van der Waals surface area contributed by atoms with Crippen molar-refractivity contribution in [1.82, 2.24) is 25.3 Å². The van der Waals surface area contributed by atoms with Crippen molar-refractivity contribution in [3.63, 3.8) is 0 Å². The van der Waals surface area contributed by atoms with Gasteiger partial charge in [0.15, 0.2) is 0 Å². The number of nitrogens with one attached hydrogen (secondary N) is 2. The van der Waals surface area contributed by atoms with Crippen molar-refractivity contribution >= 4 is 11.3 Å². The van der Waals surface area contributed by atoms with Crippen LogP contribution in [0.3, 0.4) is 0 Å². The van der Waals surface area contributed by atoms with Gasteiger partial charge in [0, 0.05) is 31.0 Å². The van der Waals surface area contributed by atoms with Crippen LogP contribution >= 0.6 is 11.3 Å². The summed E-state index contributed by atoms with van der Waals surface area (Å²) >= 11 is 1.73. The molecule has 0 saturated heterocycles. The summed E-state index contributed by atoms with van der Waals surface area (Å²) in [6.45, 7) is 2.75. The highest BCUT2D eigenvalue weighted by Gasteiger charge is 2.07. The molecule has 3 aromatic rings. The van der Waals surface area contributed by atoms with Crippen LogP contribution in [-0.4, -0.2) is 26.5 Å². The first-order chi connectivity index (χ1) is 9.93. The number of rotatable bonds is 7. The van der Waals surface area contributed by atoms with Crippen LogP contribution in [0.2, 0.25) is 0 Å². The highest BCUT2D eigenvalue weighted by Crippen LogP contribution is 2.25. The zero-order chi connectivity index (χ0) is 13.6. The molecule has 3 heterocycles. The van der Waals surface area contributed by atoms with Crippen molar-refractivity contribution < 1.29 is 0 Å². The molecule has 0 aliphatic heterocycles. The first-order valence-corrected chi connectivity index (χ1v) is 7.56. The van der Waals surface area contributed by atoms with E-state index in [2.05, 4.69) is 38.1 Å². The van der Waals surface area contributed by atoms with Crippen LogP contribution in [-0.2, 0) is 13.1 Å². The molecule has 0 spiro atoms. The van der Waals surface area contributed by atoms with Crippen LogP contribution in [0.4, 0.5) is 0 Å². The topological polar surface area (TPSA) is 58.5 Å². The second kappa shape index (κ2) is 6.49. The standard InChI is InChI=1S/C14H17N5S/c1-4-13(20-9-1)14-12(11-16-18-14)10-15-5-2-7-19-8-3-6-17-19/h1,3-4,6,8-9,11,15H,2,5,7,10H2,(H,16,18). The van der Waals surface area contributed by atoms with E-state index in [1.807, 2.05) is 29.3 Å². The van der Waals surface area contributed by atoms with Crippen LogP contribution in [0.25, 0.3) is 10.6 Å². The molecule has 0 aliphatic carbocycles. The lowest BCUT2D eigenvalue weighted by Crippen LogP contribution is -2.16. The van der Waals surface area contributed by atoms with E-state index < -0.39 is 0 Å². The summed E-state index contributed by atoms with van der Waals surface area (Å²) in [4.78, 5) is 1.23. The molecule has 0 saturated carbocycles. The van der Waals surface area contributed by atoms with Gasteiger partial charge < -0.3 is 5.32 Å². The minimum atomic E-state index is 0.836. The number of hydrogen-bond acceptors (Lipinski definition) is 4. The Labute approximate surface area is 121 Å². The van der Waals surface area contributed by atoms with Crippen LogP contribution in [0, 0.1) is 0 Å². The molecule has 0 radical (unpaired) electrons. The quantitative estimate of drug-likeness (QED) is 0.656. The van der Waals surface area contributed by atoms with Gasteiger partial charge in [0.25, 0.3) is 0 Å². The lowest BCUT2D eigenvalue weighted by Gasteiger charge is -2.05. The summed E-state index contributed by atoms with van der Waals surface area (Å²) in [6, 6.07) is 6.12. The zero-order valence-corrected chi connectivity index (χ0v) is 11.9. The lowest BCUT2D eigenvalue weighted by atomic mass is 10.2. The summed E-state index contributed by atoms with van der Waals surface area (Å²) in [5, 5.41) is 16.9. The maximum Gasteiger partial charge on any atom is 0.0794 e. The Bertz CT molecular complexity index is 612. The van der Waals surface area contributed by atoms with Crippen molar-refractivity contribution in [2.75, 3.05) is 6.54 Å². The zero-order valence-electron chi connectivity index (χ0n) is 11.1. The van der Waals surface area contributed by atoms with Crippen molar-refractivity contribution in [1.29, 1.82) is 0 Å². The molecule has 3 aromatic heterocycles. The minimum absolute atomic E-state index is 0.836. The maximum atomic E-state index is 4.19. The Balaban J connectivity index is 1.46. The SMILES string of the molecule is c1csc(-c2[nH]ncc2CNCCCn2cccn2)c1. The molecule has 20 heavy (non-hydrogen) atoms. The summed E-state index contributed by atoms with van der Waals surface area (Å²) in [7, 11) is 0. The molecular weight excluding hydrogens is 270 g/mol. The smallest absolute Gasteiger partial charge is 0.0794 e. The number of thiophene rings is 1. The molecule has 104 valence electrons. The molecule has 0 amide bonds. The normalized spacial score (nSPS) is 11.0. The molecule has 0 aliphatic rings. The first kappa shape index (κ1) is 13.1. The Kier molecular flexibility index (Phi) is 4.25. The molecule has 0 bridgehead atoms. The molecule has 0 aromatic carbocycles. The number of aromatic nitrogens is 4. The fraction of sp³-hybridized carbons (Fsp3) is 0.286. The summed E-state index contributed by atoms with van der Waals surface area (Å²) in [5.41, 5.74) is 2.34. The highest BCUT2D eigenvalue weighted by molar-refractivity contribution is 7.13. The predicted molar refractivity (Wildman–Crippen MR) is 80.5 cm³/mol. The monoisotopic (exact) mass is 287 g/mol. The average molecular weight is 287 g/mol. The Morgan fingerprint density at radius 1 is 1.35 bits per heavy atom. The Hall–Kier alpha value is -1.92. The molecule has 2 N–H and O–H groups in total. The maximum absolute atomic E-state index is 4.19. The number of aryl methyl sites for hydroxylation is 1. The lowest BCUT2D eigenvalue weighted by molar-refractivity contribution is 0.543. The summed E-state index contributed by atoms with van der Waals surface area (Å²) in [5.74, 6) is 0. The average Bonchev–Trinajstić information content (AvgIpc) is 3.20. The number of aromatic amines is 1. The van der Waals surface area contributed by atoms with E-state index in [0.717, 1.165) is 31.7 Å². The molecule has 6 heteroatoms. The van der Waals surface area contributed by atoms with Crippen molar-refractivity contribution in [3.8, 4) is 10.6 Å². The van der Waals surface area contributed by atoms with E-state index >= 15 is 0 Å². The second-order valence-electron chi connectivity index (χ2n) is 4.55. The molecule has 5 nitrogen and oxygen atoms in total. The van der Waals surface area contributed by atoms with Crippen molar-refractivity contribution in [2.24, 2.45) is 0 Å². The van der Waals surface area contributed by atoms with Crippen molar-refractivity contribution in [3.05, 3.63) is 47.7 Å².